The summed E-state index contributed by atoms with van der Waals surface area (Å²) >= 11 is 0. The molecule has 1 saturated carbocycles. The zero-order valence-corrected chi connectivity index (χ0v) is 28.9. The molecule has 48 heavy (non-hydrogen) atoms. The standard InChI is InChI=1S/C41H48N2O5/c1-26(2)25-43(37(45)17-14-30-13-9-10-27(3)22-30)33-16-15-32-34-23-31-35(47-28(4)44)24-36(46-5)39-38(31)41(32,40(33)48-39)19-21-42(34)20-18-29-11-7-6-8-12-29/h6-14,17,22,24,26,32-34,40H,15-16,18-21,23,25H2,1-5H3/t32-,33-,34+,40-,41-/m0/s1. The molecule has 2 bridgehead atoms. The van der Waals surface area contributed by atoms with Crippen molar-refractivity contribution in [1.29, 1.82) is 0 Å². The van der Waals surface area contributed by atoms with Crippen molar-refractivity contribution >= 4 is 18.0 Å². The molecule has 1 saturated heterocycles. The highest BCUT2D eigenvalue weighted by Crippen LogP contribution is 2.65. The van der Waals surface area contributed by atoms with Crippen LogP contribution < -0.4 is 14.2 Å². The fourth-order valence-corrected chi connectivity index (χ4v) is 9.37. The van der Waals surface area contributed by atoms with Crippen molar-refractivity contribution in [2.75, 3.05) is 26.7 Å². The minimum absolute atomic E-state index is 0.0186. The van der Waals surface area contributed by atoms with E-state index < -0.39 is 0 Å². The third-order valence-electron chi connectivity index (χ3n) is 11.2. The summed E-state index contributed by atoms with van der Waals surface area (Å²) in [5.41, 5.74) is 5.44. The molecule has 0 radical (unpaired) electrons. The molecule has 4 aliphatic rings. The second-order valence-electron chi connectivity index (χ2n) is 14.6. The number of amides is 1. The number of benzene rings is 3. The highest BCUT2D eigenvalue weighted by Gasteiger charge is 2.67. The van der Waals surface area contributed by atoms with Gasteiger partial charge in [-0.25, -0.2) is 0 Å². The number of rotatable bonds is 10. The largest absolute Gasteiger partial charge is 0.493 e. The number of aryl methyl sites for hydroxylation is 1. The minimum Gasteiger partial charge on any atom is -0.493 e. The van der Waals surface area contributed by atoms with Gasteiger partial charge in [-0.2, -0.15) is 0 Å². The summed E-state index contributed by atoms with van der Waals surface area (Å²) in [5.74, 6) is 2.27. The zero-order chi connectivity index (χ0) is 33.6. The maximum Gasteiger partial charge on any atom is 0.308 e. The third kappa shape index (κ3) is 5.70. The van der Waals surface area contributed by atoms with E-state index in [0.29, 0.717) is 29.9 Å². The molecule has 0 unspecified atom stereocenters. The second kappa shape index (κ2) is 13.1. The van der Waals surface area contributed by atoms with E-state index in [-0.39, 0.29) is 35.5 Å². The molecule has 0 N–H and O–H groups in total. The van der Waals surface area contributed by atoms with Crippen molar-refractivity contribution in [3.05, 3.63) is 94.6 Å². The Morgan fingerprint density at radius 1 is 1.08 bits per heavy atom. The number of likely N-dealkylation sites (tertiary alicyclic amines) is 1. The molecule has 2 fully saturated rings. The molecule has 2 aliphatic heterocycles. The van der Waals surface area contributed by atoms with Gasteiger partial charge in [-0.15, -0.1) is 0 Å². The first kappa shape index (κ1) is 32.4. The molecule has 1 amide bonds. The number of carbonyl (C=O) groups excluding carboxylic acids is 2. The Hall–Kier alpha value is -4.10. The molecule has 5 atom stereocenters. The van der Waals surface area contributed by atoms with E-state index in [0.717, 1.165) is 73.2 Å². The van der Waals surface area contributed by atoms with E-state index in [1.165, 1.54) is 12.5 Å². The quantitative estimate of drug-likeness (QED) is 0.137. The van der Waals surface area contributed by atoms with Gasteiger partial charge in [-0.05, 0) is 74.6 Å². The van der Waals surface area contributed by atoms with Crippen LogP contribution in [0.3, 0.4) is 0 Å². The molecule has 2 heterocycles. The average Bonchev–Trinajstić information content (AvgIpc) is 3.41. The van der Waals surface area contributed by atoms with Crippen LogP contribution >= 0.6 is 0 Å². The van der Waals surface area contributed by atoms with Crippen LogP contribution in [0.15, 0.2) is 66.7 Å². The summed E-state index contributed by atoms with van der Waals surface area (Å²) in [6.45, 7) is 10.4. The number of nitrogens with zero attached hydrogens (tertiary/aromatic N) is 2. The van der Waals surface area contributed by atoms with Crippen molar-refractivity contribution in [2.45, 2.75) is 83.4 Å². The first-order valence-corrected chi connectivity index (χ1v) is 17.6. The maximum absolute atomic E-state index is 14.2. The fraction of sp³-hybridized carbons (Fsp3) is 0.463. The maximum atomic E-state index is 14.2. The molecule has 7 heteroatoms. The molecule has 0 aromatic heterocycles. The highest BCUT2D eigenvalue weighted by molar-refractivity contribution is 5.92. The van der Waals surface area contributed by atoms with Gasteiger partial charge in [0.15, 0.2) is 11.5 Å². The summed E-state index contributed by atoms with van der Waals surface area (Å²) < 4.78 is 19.0. The topological polar surface area (TPSA) is 68.3 Å². The average molecular weight is 649 g/mol. The van der Waals surface area contributed by atoms with Gasteiger partial charge in [0.1, 0.15) is 11.9 Å². The van der Waals surface area contributed by atoms with Crippen LogP contribution in [0, 0.1) is 18.8 Å². The lowest BCUT2D eigenvalue weighted by molar-refractivity contribution is -0.138. The van der Waals surface area contributed by atoms with Gasteiger partial charge in [-0.1, -0.05) is 74.0 Å². The summed E-state index contributed by atoms with van der Waals surface area (Å²) in [6.07, 6.45) is 8.03. The third-order valence-corrected chi connectivity index (χ3v) is 11.2. The van der Waals surface area contributed by atoms with Crippen LogP contribution in [0.1, 0.15) is 67.9 Å². The molecular formula is C41H48N2O5. The number of carbonyl (C=O) groups is 2. The van der Waals surface area contributed by atoms with Gasteiger partial charge in [-0.3, -0.25) is 14.5 Å². The Kier molecular flexibility index (Phi) is 8.84. The summed E-state index contributed by atoms with van der Waals surface area (Å²) in [6, 6.07) is 20.9. The van der Waals surface area contributed by atoms with Crippen LogP contribution in [-0.4, -0.2) is 66.6 Å². The Morgan fingerprint density at radius 3 is 2.62 bits per heavy atom. The lowest BCUT2D eigenvalue weighted by atomic mass is 9.50. The Balaban J connectivity index is 1.29. The highest BCUT2D eigenvalue weighted by atomic mass is 16.5. The van der Waals surface area contributed by atoms with Crippen molar-refractivity contribution < 1.29 is 23.8 Å². The van der Waals surface area contributed by atoms with E-state index in [1.54, 1.807) is 13.2 Å². The van der Waals surface area contributed by atoms with Crippen molar-refractivity contribution in [3.63, 3.8) is 0 Å². The number of esters is 1. The molecule has 1 spiro atoms. The number of ether oxygens (including phenoxy) is 3. The predicted molar refractivity (Wildman–Crippen MR) is 188 cm³/mol. The Morgan fingerprint density at radius 2 is 1.90 bits per heavy atom. The monoisotopic (exact) mass is 648 g/mol. The molecule has 2 aliphatic carbocycles. The lowest BCUT2D eigenvalue weighted by Crippen LogP contribution is -2.69. The number of piperidine rings is 1. The van der Waals surface area contributed by atoms with Crippen LogP contribution in [0.25, 0.3) is 6.08 Å². The molecule has 7 nitrogen and oxygen atoms in total. The molecular weight excluding hydrogens is 600 g/mol. The summed E-state index contributed by atoms with van der Waals surface area (Å²) in [7, 11) is 1.65. The number of hydrogen-bond donors (Lipinski definition) is 0. The van der Waals surface area contributed by atoms with E-state index in [9.17, 15) is 9.59 Å². The molecule has 7 rings (SSSR count). The number of hydrogen-bond acceptors (Lipinski definition) is 6. The summed E-state index contributed by atoms with van der Waals surface area (Å²) in [5, 5.41) is 0. The first-order valence-electron chi connectivity index (χ1n) is 17.6. The van der Waals surface area contributed by atoms with Crippen LogP contribution in [0.5, 0.6) is 17.2 Å². The normalized spacial score (nSPS) is 25.5. The van der Waals surface area contributed by atoms with Crippen LogP contribution in [0.2, 0.25) is 0 Å². The van der Waals surface area contributed by atoms with Crippen molar-refractivity contribution in [3.8, 4) is 17.2 Å². The number of methoxy groups -OCH3 is 1. The first-order chi connectivity index (χ1) is 23.2. The predicted octanol–water partition coefficient (Wildman–Crippen LogP) is 6.78. The Labute approximate surface area is 284 Å². The van der Waals surface area contributed by atoms with E-state index in [2.05, 4.69) is 73.0 Å². The van der Waals surface area contributed by atoms with Gasteiger partial charge in [0, 0.05) is 54.7 Å². The summed E-state index contributed by atoms with van der Waals surface area (Å²) in [4.78, 5) is 31.3. The van der Waals surface area contributed by atoms with Crippen molar-refractivity contribution in [1.82, 2.24) is 9.80 Å². The van der Waals surface area contributed by atoms with E-state index in [4.69, 9.17) is 14.2 Å². The fourth-order valence-electron chi connectivity index (χ4n) is 9.37. The second-order valence-corrected chi connectivity index (χ2v) is 14.6. The van der Waals surface area contributed by atoms with Gasteiger partial charge >= 0.3 is 5.97 Å². The van der Waals surface area contributed by atoms with E-state index >= 15 is 0 Å². The minimum atomic E-state index is -0.343. The van der Waals surface area contributed by atoms with Gasteiger partial charge in [0.25, 0.3) is 0 Å². The van der Waals surface area contributed by atoms with Gasteiger partial charge in [0.05, 0.1) is 13.2 Å². The Bertz CT molecular complexity index is 1720. The van der Waals surface area contributed by atoms with Crippen LogP contribution in [-0.2, 0) is 27.8 Å². The smallest absolute Gasteiger partial charge is 0.308 e. The zero-order valence-electron chi connectivity index (χ0n) is 28.9. The molecule has 3 aromatic carbocycles. The molecule has 252 valence electrons. The SMILES string of the molecule is COc1cc(OC(C)=O)c2c3c1O[C@H]1[C@@H](N(CC(C)C)C(=O)C=Cc4cccc(C)c4)CC[C@H]4[C@@H](C2)N(CCc2ccccc2)CC[C@@]341. The van der Waals surface area contributed by atoms with Crippen LogP contribution in [0.4, 0.5) is 0 Å². The van der Waals surface area contributed by atoms with Gasteiger partial charge < -0.3 is 19.1 Å². The van der Waals surface area contributed by atoms with Crippen molar-refractivity contribution in [2.24, 2.45) is 11.8 Å². The van der Waals surface area contributed by atoms with Gasteiger partial charge in [0.2, 0.25) is 5.91 Å². The molecule has 3 aromatic rings. The lowest BCUT2D eigenvalue weighted by Gasteiger charge is -2.60. The van der Waals surface area contributed by atoms with E-state index in [1.807, 2.05) is 24.3 Å².